The quantitative estimate of drug-likeness (QED) is 0.673. The van der Waals surface area contributed by atoms with E-state index in [-0.39, 0.29) is 0 Å². The lowest BCUT2D eigenvalue weighted by atomic mass is 10.3. The summed E-state index contributed by atoms with van der Waals surface area (Å²) in [5, 5.41) is 3.00. The summed E-state index contributed by atoms with van der Waals surface area (Å²) in [5.74, 6) is 0. The van der Waals surface area contributed by atoms with Crippen LogP contribution in [0.15, 0.2) is 33.6 Å². The third-order valence-electron chi connectivity index (χ3n) is 1.99. The van der Waals surface area contributed by atoms with E-state index in [0.717, 1.165) is 20.1 Å². The zero-order valence-electron chi connectivity index (χ0n) is 7.48. The molecule has 2 aromatic heterocycles. The first kappa shape index (κ1) is 9.45. The molecule has 0 spiro atoms. The molecule has 0 N–H and O–H groups in total. The maximum Gasteiger partial charge on any atom is 0.159 e. The Bertz CT molecular complexity index is 581. The van der Waals surface area contributed by atoms with E-state index in [9.17, 15) is 0 Å². The maximum absolute atomic E-state index is 4.54. The number of rotatable bonds is 1. The minimum Gasteiger partial charge on any atom is -0.234 e. The van der Waals surface area contributed by atoms with Gasteiger partial charge in [-0.2, -0.15) is 0 Å². The number of para-hydroxylation sites is 1. The van der Waals surface area contributed by atoms with Crippen LogP contribution in [-0.4, -0.2) is 9.97 Å². The molecular formula is C10H5BrN2S2. The molecule has 0 aliphatic heterocycles. The lowest BCUT2D eigenvalue weighted by Crippen LogP contribution is -1.73. The zero-order valence-corrected chi connectivity index (χ0v) is 10.7. The highest BCUT2D eigenvalue weighted by molar-refractivity contribution is 9.11. The molecule has 0 fully saturated rings. The molecular weight excluding hydrogens is 292 g/mol. The van der Waals surface area contributed by atoms with Crippen LogP contribution in [0.4, 0.5) is 0 Å². The molecule has 3 aromatic rings. The van der Waals surface area contributed by atoms with E-state index in [1.165, 1.54) is 4.70 Å². The Morgan fingerprint density at radius 1 is 1.13 bits per heavy atom. The standard InChI is InChI=1S/C10H5BrN2S2/c11-10-13-7(5-14-10)9-12-6-3-1-2-4-8(6)15-9/h1-5H. The maximum atomic E-state index is 4.54. The number of thiazole rings is 2. The van der Waals surface area contributed by atoms with E-state index in [1.807, 2.05) is 23.6 Å². The summed E-state index contributed by atoms with van der Waals surface area (Å²) in [6.07, 6.45) is 0. The summed E-state index contributed by atoms with van der Waals surface area (Å²) in [4.78, 5) is 8.90. The Morgan fingerprint density at radius 3 is 2.73 bits per heavy atom. The number of hydrogen-bond donors (Lipinski definition) is 0. The number of nitrogens with zero attached hydrogens (tertiary/aromatic N) is 2. The summed E-state index contributed by atoms with van der Waals surface area (Å²) in [7, 11) is 0. The number of halogens is 1. The Hall–Kier alpha value is -0.780. The van der Waals surface area contributed by atoms with E-state index in [4.69, 9.17) is 0 Å². The molecule has 0 amide bonds. The fraction of sp³-hybridized carbons (Fsp3) is 0. The van der Waals surface area contributed by atoms with Crippen LogP contribution in [-0.2, 0) is 0 Å². The van der Waals surface area contributed by atoms with Crippen molar-refractivity contribution >= 4 is 48.8 Å². The van der Waals surface area contributed by atoms with E-state index in [2.05, 4.69) is 32.0 Å². The van der Waals surface area contributed by atoms with Gasteiger partial charge in [0.05, 0.1) is 10.2 Å². The lowest BCUT2D eigenvalue weighted by Gasteiger charge is -1.83. The highest BCUT2D eigenvalue weighted by atomic mass is 79.9. The molecule has 1 aromatic carbocycles. The van der Waals surface area contributed by atoms with Gasteiger partial charge in [0, 0.05) is 5.38 Å². The monoisotopic (exact) mass is 296 g/mol. The van der Waals surface area contributed by atoms with Crippen LogP contribution < -0.4 is 0 Å². The second-order valence-corrected chi connectivity index (χ2v) is 6.14. The highest BCUT2D eigenvalue weighted by Crippen LogP contribution is 2.31. The van der Waals surface area contributed by atoms with Gasteiger partial charge in [0.2, 0.25) is 0 Å². The minimum atomic E-state index is 0.900. The van der Waals surface area contributed by atoms with Crippen LogP contribution in [0.3, 0.4) is 0 Å². The van der Waals surface area contributed by atoms with Crippen molar-refractivity contribution in [2.24, 2.45) is 0 Å². The first-order valence-corrected chi connectivity index (χ1v) is 6.79. The summed E-state index contributed by atoms with van der Waals surface area (Å²) in [6, 6.07) is 8.14. The number of hydrogen-bond acceptors (Lipinski definition) is 4. The van der Waals surface area contributed by atoms with Crippen LogP contribution in [0.1, 0.15) is 0 Å². The van der Waals surface area contributed by atoms with Gasteiger partial charge in [-0.1, -0.05) is 12.1 Å². The highest BCUT2D eigenvalue weighted by Gasteiger charge is 2.08. The van der Waals surface area contributed by atoms with Crippen LogP contribution in [0.25, 0.3) is 20.9 Å². The average Bonchev–Trinajstić information content (AvgIpc) is 2.82. The van der Waals surface area contributed by atoms with Crippen molar-refractivity contribution in [1.29, 1.82) is 0 Å². The molecule has 3 rings (SSSR count). The molecule has 0 saturated heterocycles. The summed E-state index contributed by atoms with van der Waals surface area (Å²) >= 11 is 6.61. The predicted octanol–water partition coefficient (Wildman–Crippen LogP) is 4.18. The van der Waals surface area contributed by atoms with Gasteiger partial charge in [-0.3, -0.25) is 0 Å². The Kier molecular flexibility index (Phi) is 2.31. The third kappa shape index (κ3) is 1.71. The van der Waals surface area contributed by atoms with Gasteiger partial charge in [-0.05, 0) is 28.1 Å². The molecule has 2 nitrogen and oxygen atoms in total. The summed E-state index contributed by atoms with van der Waals surface area (Å²) in [5.41, 5.74) is 2.00. The van der Waals surface area contributed by atoms with Gasteiger partial charge in [-0.15, -0.1) is 22.7 Å². The molecule has 15 heavy (non-hydrogen) atoms. The molecule has 0 radical (unpaired) electrons. The van der Waals surface area contributed by atoms with Gasteiger partial charge < -0.3 is 0 Å². The molecule has 74 valence electrons. The van der Waals surface area contributed by atoms with Crippen molar-refractivity contribution < 1.29 is 0 Å². The Balaban J connectivity index is 2.19. The SMILES string of the molecule is Brc1nc(-c2nc3ccccc3s2)cs1. The molecule has 0 saturated carbocycles. The fourth-order valence-corrected chi connectivity index (χ4v) is 3.33. The van der Waals surface area contributed by atoms with Crippen molar-refractivity contribution in [1.82, 2.24) is 9.97 Å². The second-order valence-electron chi connectivity index (χ2n) is 2.97. The number of aromatic nitrogens is 2. The summed E-state index contributed by atoms with van der Waals surface area (Å²) < 4.78 is 2.10. The van der Waals surface area contributed by atoms with Gasteiger partial charge in [-0.25, -0.2) is 9.97 Å². The van der Waals surface area contributed by atoms with E-state index in [1.54, 1.807) is 22.7 Å². The number of fused-ring (bicyclic) bond motifs is 1. The predicted molar refractivity (Wildman–Crippen MR) is 68.4 cm³/mol. The largest absolute Gasteiger partial charge is 0.234 e. The van der Waals surface area contributed by atoms with Crippen LogP contribution in [0.2, 0.25) is 0 Å². The zero-order chi connectivity index (χ0) is 10.3. The molecule has 5 heteroatoms. The molecule has 2 heterocycles. The Labute approximate surface area is 103 Å². The van der Waals surface area contributed by atoms with Gasteiger partial charge in [0.25, 0.3) is 0 Å². The lowest BCUT2D eigenvalue weighted by molar-refractivity contribution is 1.34. The van der Waals surface area contributed by atoms with Crippen molar-refractivity contribution in [2.75, 3.05) is 0 Å². The third-order valence-corrected chi connectivity index (χ3v) is 4.41. The molecule has 0 aliphatic carbocycles. The fourth-order valence-electron chi connectivity index (χ4n) is 1.33. The topological polar surface area (TPSA) is 25.8 Å². The summed E-state index contributed by atoms with van der Waals surface area (Å²) in [6.45, 7) is 0. The van der Waals surface area contributed by atoms with Gasteiger partial charge in [0.15, 0.2) is 3.92 Å². The van der Waals surface area contributed by atoms with Crippen molar-refractivity contribution in [3.05, 3.63) is 33.6 Å². The molecule has 0 atom stereocenters. The minimum absolute atomic E-state index is 0.900. The van der Waals surface area contributed by atoms with E-state index >= 15 is 0 Å². The molecule has 0 aliphatic rings. The number of benzene rings is 1. The van der Waals surface area contributed by atoms with Crippen molar-refractivity contribution in [2.45, 2.75) is 0 Å². The first-order chi connectivity index (χ1) is 7.33. The molecule has 0 unspecified atom stereocenters. The van der Waals surface area contributed by atoms with Crippen LogP contribution >= 0.6 is 38.6 Å². The smallest absolute Gasteiger partial charge is 0.159 e. The average molecular weight is 297 g/mol. The van der Waals surface area contributed by atoms with Crippen LogP contribution in [0, 0.1) is 0 Å². The van der Waals surface area contributed by atoms with Gasteiger partial charge in [0.1, 0.15) is 10.7 Å². The van der Waals surface area contributed by atoms with E-state index in [0.29, 0.717) is 0 Å². The van der Waals surface area contributed by atoms with Crippen molar-refractivity contribution in [3.63, 3.8) is 0 Å². The van der Waals surface area contributed by atoms with Crippen LogP contribution in [0.5, 0.6) is 0 Å². The first-order valence-electron chi connectivity index (χ1n) is 4.30. The normalized spacial score (nSPS) is 11.0. The molecule has 0 bridgehead atoms. The van der Waals surface area contributed by atoms with E-state index < -0.39 is 0 Å². The van der Waals surface area contributed by atoms with Crippen molar-refractivity contribution in [3.8, 4) is 10.7 Å². The Morgan fingerprint density at radius 2 is 2.00 bits per heavy atom. The second kappa shape index (κ2) is 3.66. The van der Waals surface area contributed by atoms with Gasteiger partial charge >= 0.3 is 0 Å².